The Hall–Kier alpha value is -1.72. The summed E-state index contributed by atoms with van der Waals surface area (Å²) in [5, 5.41) is 0. The first-order chi connectivity index (χ1) is 8.00. The van der Waals surface area contributed by atoms with Crippen LogP contribution in [0.5, 0.6) is 0 Å². The van der Waals surface area contributed by atoms with Gasteiger partial charge in [-0.3, -0.25) is 4.99 Å². The predicted octanol–water partition coefficient (Wildman–Crippen LogP) is 1.92. The van der Waals surface area contributed by atoms with Gasteiger partial charge in [0.1, 0.15) is 0 Å². The molecule has 1 aromatic rings. The van der Waals surface area contributed by atoms with E-state index in [1.165, 1.54) is 12.1 Å². The molecule has 0 aromatic heterocycles. The molecule has 0 aliphatic carbocycles. The lowest BCUT2D eigenvalue weighted by atomic mass is 10.1. The molecule has 17 heavy (non-hydrogen) atoms. The Morgan fingerprint density at radius 1 is 1.24 bits per heavy atom. The Morgan fingerprint density at radius 3 is 2.35 bits per heavy atom. The molecule has 2 rings (SSSR count). The van der Waals surface area contributed by atoms with Gasteiger partial charge >= 0.3 is 6.18 Å². The van der Waals surface area contributed by atoms with Crippen LogP contribution in [0, 0.1) is 0 Å². The quantitative estimate of drug-likeness (QED) is 0.862. The number of nitrogens with zero attached hydrogens (tertiary/aromatic N) is 2. The van der Waals surface area contributed by atoms with Gasteiger partial charge in [0.2, 0.25) is 0 Å². The molecular weight excluding hydrogens is 231 g/mol. The maximum absolute atomic E-state index is 13.1. The fraction of sp³-hybridized carbons (Fsp3) is 0.364. The van der Waals surface area contributed by atoms with Crippen molar-refractivity contribution in [3.63, 3.8) is 0 Å². The Labute approximate surface area is 96.7 Å². The summed E-state index contributed by atoms with van der Waals surface area (Å²) in [5.41, 5.74) is 5.67. The molecule has 0 amide bonds. The van der Waals surface area contributed by atoms with Gasteiger partial charge in [-0.1, -0.05) is 30.3 Å². The van der Waals surface area contributed by atoms with E-state index in [4.69, 9.17) is 5.73 Å². The van der Waals surface area contributed by atoms with E-state index in [9.17, 15) is 13.2 Å². The van der Waals surface area contributed by atoms with Crippen LogP contribution in [0.15, 0.2) is 35.3 Å². The molecule has 1 unspecified atom stereocenters. The molecule has 0 saturated heterocycles. The zero-order valence-corrected chi connectivity index (χ0v) is 8.98. The van der Waals surface area contributed by atoms with Crippen molar-refractivity contribution in [1.29, 1.82) is 0 Å². The van der Waals surface area contributed by atoms with Crippen molar-refractivity contribution in [1.82, 2.24) is 4.90 Å². The molecule has 2 N–H and O–H groups in total. The Morgan fingerprint density at radius 2 is 1.88 bits per heavy atom. The lowest BCUT2D eigenvalue weighted by Crippen LogP contribution is -2.43. The van der Waals surface area contributed by atoms with Crippen molar-refractivity contribution in [2.75, 3.05) is 13.1 Å². The summed E-state index contributed by atoms with van der Waals surface area (Å²) in [6.45, 7) is 0.510. The average molecular weight is 243 g/mol. The second-order valence-corrected chi connectivity index (χ2v) is 3.79. The molecule has 1 aliphatic rings. The van der Waals surface area contributed by atoms with Crippen LogP contribution in [0.2, 0.25) is 0 Å². The minimum Gasteiger partial charge on any atom is -0.370 e. The fourth-order valence-corrected chi connectivity index (χ4v) is 1.92. The van der Waals surface area contributed by atoms with E-state index < -0.39 is 12.2 Å². The third-order valence-corrected chi connectivity index (χ3v) is 2.65. The number of hydrogen-bond acceptors (Lipinski definition) is 3. The molecule has 92 valence electrons. The zero-order chi connectivity index (χ0) is 12.5. The number of benzene rings is 1. The third-order valence-electron chi connectivity index (χ3n) is 2.65. The molecule has 6 heteroatoms. The lowest BCUT2D eigenvalue weighted by Gasteiger charge is -2.30. The summed E-state index contributed by atoms with van der Waals surface area (Å²) in [6, 6.07) is 6.02. The molecular formula is C11H12F3N3. The molecule has 1 aromatic carbocycles. The van der Waals surface area contributed by atoms with E-state index in [1.807, 2.05) is 0 Å². The zero-order valence-electron chi connectivity index (χ0n) is 8.98. The van der Waals surface area contributed by atoms with Gasteiger partial charge in [0, 0.05) is 6.54 Å². The van der Waals surface area contributed by atoms with Gasteiger partial charge in [-0.05, 0) is 5.56 Å². The molecule has 3 nitrogen and oxygen atoms in total. The third kappa shape index (κ3) is 2.35. The molecule has 0 saturated carbocycles. The highest BCUT2D eigenvalue weighted by Crippen LogP contribution is 2.38. The molecule has 1 aliphatic heterocycles. The number of nitrogens with two attached hydrogens (primary N) is 1. The van der Waals surface area contributed by atoms with Crippen LogP contribution in [0.4, 0.5) is 13.2 Å². The van der Waals surface area contributed by atoms with Crippen molar-refractivity contribution < 1.29 is 13.2 Å². The molecule has 0 spiro atoms. The van der Waals surface area contributed by atoms with Gasteiger partial charge in [-0.15, -0.1) is 0 Å². The van der Waals surface area contributed by atoms with E-state index in [0.717, 1.165) is 4.90 Å². The Bertz CT molecular complexity index is 414. The first kappa shape index (κ1) is 11.8. The number of aliphatic imine (C=N–C) groups is 1. The van der Waals surface area contributed by atoms with Gasteiger partial charge in [0.15, 0.2) is 12.0 Å². The van der Waals surface area contributed by atoms with Crippen LogP contribution in [0.25, 0.3) is 0 Å². The molecule has 0 radical (unpaired) electrons. The summed E-state index contributed by atoms with van der Waals surface area (Å²) < 4.78 is 39.2. The summed E-state index contributed by atoms with van der Waals surface area (Å²) >= 11 is 0. The van der Waals surface area contributed by atoms with Crippen LogP contribution >= 0.6 is 0 Å². The number of alkyl halides is 3. The largest absolute Gasteiger partial charge is 0.413 e. The highest BCUT2D eigenvalue weighted by molar-refractivity contribution is 5.80. The van der Waals surface area contributed by atoms with Gasteiger partial charge < -0.3 is 10.6 Å². The van der Waals surface area contributed by atoms with E-state index in [1.54, 1.807) is 18.2 Å². The van der Waals surface area contributed by atoms with Crippen LogP contribution in [0.1, 0.15) is 11.6 Å². The van der Waals surface area contributed by atoms with Crippen molar-refractivity contribution in [3.05, 3.63) is 35.9 Å². The van der Waals surface area contributed by atoms with Gasteiger partial charge in [0.05, 0.1) is 6.54 Å². The highest BCUT2D eigenvalue weighted by atomic mass is 19.4. The second-order valence-electron chi connectivity index (χ2n) is 3.79. The second kappa shape index (κ2) is 4.27. The average Bonchev–Trinajstić information content (AvgIpc) is 2.65. The standard InChI is InChI=1S/C11H12F3N3/c12-11(13,14)9(8-4-2-1-3-5-8)17-7-6-16-10(17)15/h1-5,9H,6-7H2,(H2,15,16). The van der Waals surface area contributed by atoms with E-state index in [0.29, 0.717) is 6.54 Å². The van der Waals surface area contributed by atoms with Crippen LogP contribution in [0.3, 0.4) is 0 Å². The smallest absolute Gasteiger partial charge is 0.370 e. The SMILES string of the molecule is NC1=NCCN1C(c1ccccc1)C(F)(F)F. The number of hydrogen-bond donors (Lipinski definition) is 1. The summed E-state index contributed by atoms with van der Waals surface area (Å²) in [5.74, 6) is -0.0452. The van der Waals surface area contributed by atoms with Crippen molar-refractivity contribution in [2.45, 2.75) is 12.2 Å². The topological polar surface area (TPSA) is 41.6 Å². The molecule has 1 atom stereocenters. The molecule has 1 heterocycles. The monoisotopic (exact) mass is 243 g/mol. The normalized spacial score (nSPS) is 18.1. The van der Waals surface area contributed by atoms with Crippen LogP contribution in [-0.2, 0) is 0 Å². The number of guanidine groups is 1. The van der Waals surface area contributed by atoms with Crippen molar-refractivity contribution in [3.8, 4) is 0 Å². The van der Waals surface area contributed by atoms with E-state index in [-0.39, 0.29) is 18.1 Å². The summed E-state index contributed by atoms with van der Waals surface area (Å²) in [4.78, 5) is 4.89. The van der Waals surface area contributed by atoms with Crippen LogP contribution in [-0.4, -0.2) is 30.1 Å². The molecule has 0 bridgehead atoms. The van der Waals surface area contributed by atoms with Crippen LogP contribution < -0.4 is 5.73 Å². The fourth-order valence-electron chi connectivity index (χ4n) is 1.92. The van der Waals surface area contributed by atoms with Gasteiger partial charge in [-0.25, -0.2) is 0 Å². The Balaban J connectivity index is 2.36. The van der Waals surface area contributed by atoms with Gasteiger partial charge in [0.25, 0.3) is 0 Å². The minimum atomic E-state index is -4.37. The summed E-state index contributed by atoms with van der Waals surface area (Å²) in [7, 11) is 0. The van der Waals surface area contributed by atoms with Crippen molar-refractivity contribution in [2.24, 2.45) is 10.7 Å². The highest BCUT2D eigenvalue weighted by Gasteiger charge is 2.46. The lowest BCUT2D eigenvalue weighted by molar-refractivity contribution is -0.175. The number of rotatable bonds is 2. The van der Waals surface area contributed by atoms with E-state index in [2.05, 4.69) is 4.99 Å². The Kier molecular flexibility index (Phi) is 2.95. The molecule has 0 fully saturated rings. The van der Waals surface area contributed by atoms with Crippen molar-refractivity contribution >= 4 is 5.96 Å². The maximum atomic E-state index is 13.1. The predicted molar refractivity (Wildman–Crippen MR) is 58.4 cm³/mol. The first-order valence-electron chi connectivity index (χ1n) is 5.18. The summed E-state index contributed by atoms with van der Waals surface area (Å²) in [6.07, 6.45) is -4.37. The van der Waals surface area contributed by atoms with Gasteiger partial charge in [-0.2, -0.15) is 13.2 Å². The van der Waals surface area contributed by atoms with E-state index >= 15 is 0 Å². The maximum Gasteiger partial charge on any atom is 0.413 e. The number of halogens is 3. The minimum absolute atomic E-state index is 0.0452. The first-order valence-corrected chi connectivity index (χ1v) is 5.18.